The molecular formula is C12H19NO4S. The van der Waals surface area contributed by atoms with Crippen molar-refractivity contribution in [1.29, 1.82) is 0 Å². The van der Waals surface area contributed by atoms with Gasteiger partial charge in [-0.1, -0.05) is 24.3 Å². The summed E-state index contributed by atoms with van der Waals surface area (Å²) < 4.78 is 30.8. The van der Waals surface area contributed by atoms with E-state index >= 15 is 0 Å². The number of ether oxygens (including phenoxy) is 1. The van der Waals surface area contributed by atoms with E-state index < -0.39 is 10.0 Å². The maximum absolute atomic E-state index is 11.7. The van der Waals surface area contributed by atoms with E-state index in [1.807, 2.05) is 0 Å². The molecule has 0 bridgehead atoms. The number of methoxy groups -OCH3 is 1. The van der Waals surface area contributed by atoms with Crippen LogP contribution in [0.4, 0.5) is 0 Å². The van der Waals surface area contributed by atoms with Crippen LogP contribution in [0.5, 0.6) is 0 Å². The number of aliphatic hydroxyl groups excluding tert-OH is 1. The predicted octanol–water partition coefficient (Wildman–Crippen LogP) is 0.635. The van der Waals surface area contributed by atoms with Gasteiger partial charge in [-0.05, 0) is 17.5 Å². The van der Waals surface area contributed by atoms with E-state index in [4.69, 9.17) is 9.84 Å². The van der Waals surface area contributed by atoms with Crippen molar-refractivity contribution >= 4 is 10.0 Å². The third-order valence-corrected chi connectivity index (χ3v) is 3.74. The van der Waals surface area contributed by atoms with Gasteiger partial charge in [0, 0.05) is 20.3 Å². The molecule has 0 aliphatic heterocycles. The van der Waals surface area contributed by atoms with Crippen LogP contribution in [0, 0.1) is 0 Å². The second-order valence-corrected chi connectivity index (χ2v) is 5.78. The molecule has 2 N–H and O–H groups in total. The molecule has 1 aromatic carbocycles. The van der Waals surface area contributed by atoms with Crippen molar-refractivity contribution in [3.63, 3.8) is 0 Å². The molecule has 0 fully saturated rings. The van der Waals surface area contributed by atoms with Crippen LogP contribution in [0.1, 0.15) is 17.5 Å². The Morgan fingerprint density at radius 2 is 2.06 bits per heavy atom. The maximum atomic E-state index is 11.7. The van der Waals surface area contributed by atoms with Gasteiger partial charge in [0.05, 0.1) is 12.4 Å². The molecule has 18 heavy (non-hydrogen) atoms. The fourth-order valence-electron chi connectivity index (χ4n) is 1.53. The van der Waals surface area contributed by atoms with E-state index in [0.29, 0.717) is 30.7 Å². The molecule has 6 heteroatoms. The van der Waals surface area contributed by atoms with Crippen molar-refractivity contribution in [3.05, 3.63) is 35.4 Å². The first kappa shape index (κ1) is 15.1. The third kappa shape index (κ3) is 5.59. The molecule has 0 aromatic heterocycles. The highest BCUT2D eigenvalue weighted by Gasteiger charge is 2.10. The van der Waals surface area contributed by atoms with Crippen LogP contribution in [0.3, 0.4) is 0 Å². The summed E-state index contributed by atoms with van der Waals surface area (Å²) in [4.78, 5) is 0. The van der Waals surface area contributed by atoms with Crippen LogP contribution in [0.2, 0.25) is 0 Å². The van der Waals surface area contributed by atoms with Gasteiger partial charge >= 0.3 is 0 Å². The summed E-state index contributed by atoms with van der Waals surface area (Å²) in [5, 5.41) is 8.98. The average Bonchev–Trinajstić information content (AvgIpc) is 2.34. The summed E-state index contributed by atoms with van der Waals surface area (Å²) in [5.41, 5.74) is 1.38. The van der Waals surface area contributed by atoms with Gasteiger partial charge in [-0.3, -0.25) is 0 Å². The molecule has 0 heterocycles. The highest BCUT2D eigenvalue weighted by Crippen LogP contribution is 2.08. The van der Waals surface area contributed by atoms with Gasteiger partial charge in [-0.2, -0.15) is 0 Å². The number of hydrogen-bond donors (Lipinski definition) is 2. The Hall–Kier alpha value is -0.950. The minimum atomic E-state index is -3.33. The standard InChI is InChI=1S/C12H19NO4S/c1-17-7-3-6-13-18(15,16)10-12-5-2-4-11(8-12)9-14/h2,4-5,8,13-14H,3,6-7,9-10H2,1H3. The zero-order valence-corrected chi connectivity index (χ0v) is 11.2. The monoisotopic (exact) mass is 273 g/mol. The number of rotatable bonds is 8. The number of benzene rings is 1. The Kier molecular flexibility index (Phi) is 6.28. The van der Waals surface area contributed by atoms with Crippen molar-refractivity contribution in [3.8, 4) is 0 Å². The molecule has 0 saturated heterocycles. The lowest BCUT2D eigenvalue weighted by Crippen LogP contribution is -2.26. The van der Waals surface area contributed by atoms with Crippen LogP contribution >= 0.6 is 0 Å². The van der Waals surface area contributed by atoms with Crippen molar-refractivity contribution in [2.75, 3.05) is 20.3 Å². The zero-order valence-electron chi connectivity index (χ0n) is 10.4. The van der Waals surface area contributed by atoms with Gasteiger partial charge < -0.3 is 9.84 Å². The third-order valence-electron chi connectivity index (χ3n) is 2.38. The molecule has 5 nitrogen and oxygen atoms in total. The first-order valence-corrected chi connectivity index (χ1v) is 7.37. The largest absolute Gasteiger partial charge is 0.392 e. The molecule has 0 aliphatic carbocycles. The molecule has 0 radical (unpaired) electrons. The number of hydrogen-bond acceptors (Lipinski definition) is 4. The van der Waals surface area contributed by atoms with E-state index in [-0.39, 0.29) is 12.4 Å². The summed E-state index contributed by atoms with van der Waals surface area (Å²) in [6, 6.07) is 6.91. The summed E-state index contributed by atoms with van der Waals surface area (Å²) in [7, 11) is -1.75. The summed E-state index contributed by atoms with van der Waals surface area (Å²) >= 11 is 0. The fraction of sp³-hybridized carbons (Fsp3) is 0.500. The summed E-state index contributed by atoms with van der Waals surface area (Å²) in [6.45, 7) is 0.813. The van der Waals surface area contributed by atoms with Crippen LogP contribution in [-0.2, 0) is 27.1 Å². The van der Waals surface area contributed by atoms with Crippen LogP contribution in [-0.4, -0.2) is 33.8 Å². The molecule has 102 valence electrons. The average molecular weight is 273 g/mol. The topological polar surface area (TPSA) is 75.6 Å². The van der Waals surface area contributed by atoms with Crippen molar-refractivity contribution < 1.29 is 18.3 Å². The Bertz CT molecular complexity index is 459. The second kappa shape index (κ2) is 7.48. The van der Waals surface area contributed by atoms with E-state index in [9.17, 15) is 8.42 Å². The van der Waals surface area contributed by atoms with Gasteiger partial charge in [-0.15, -0.1) is 0 Å². The van der Waals surface area contributed by atoms with Gasteiger partial charge in [0.2, 0.25) is 10.0 Å². The highest BCUT2D eigenvalue weighted by atomic mass is 32.2. The fourth-order valence-corrected chi connectivity index (χ4v) is 2.71. The van der Waals surface area contributed by atoms with Crippen molar-refractivity contribution in [2.24, 2.45) is 0 Å². The minimum Gasteiger partial charge on any atom is -0.392 e. The van der Waals surface area contributed by atoms with Gasteiger partial charge in [0.1, 0.15) is 0 Å². The van der Waals surface area contributed by atoms with Crippen LogP contribution in [0.15, 0.2) is 24.3 Å². The van der Waals surface area contributed by atoms with E-state index in [1.54, 1.807) is 31.4 Å². The number of sulfonamides is 1. The van der Waals surface area contributed by atoms with Crippen molar-refractivity contribution in [2.45, 2.75) is 18.8 Å². The van der Waals surface area contributed by atoms with Gasteiger partial charge in [0.25, 0.3) is 0 Å². The van der Waals surface area contributed by atoms with Gasteiger partial charge in [-0.25, -0.2) is 13.1 Å². The lowest BCUT2D eigenvalue weighted by Gasteiger charge is -2.07. The molecular weight excluding hydrogens is 254 g/mol. The lowest BCUT2D eigenvalue weighted by molar-refractivity contribution is 0.196. The summed E-state index contributed by atoms with van der Waals surface area (Å²) in [5.74, 6) is -0.0756. The van der Waals surface area contributed by atoms with Crippen LogP contribution < -0.4 is 4.72 Å². The lowest BCUT2D eigenvalue weighted by atomic mass is 10.1. The molecule has 0 aliphatic rings. The van der Waals surface area contributed by atoms with Gasteiger partial charge in [0.15, 0.2) is 0 Å². The molecule has 1 aromatic rings. The smallest absolute Gasteiger partial charge is 0.215 e. The predicted molar refractivity (Wildman–Crippen MR) is 69.5 cm³/mol. The Morgan fingerprint density at radius 1 is 1.33 bits per heavy atom. The Labute approximate surface area is 108 Å². The quantitative estimate of drug-likeness (QED) is 0.681. The molecule has 1 rings (SSSR count). The SMILES string of the molecule is COCCCNS(=O)(=O)Cc1cccc(CO)c1. The van der Waals surface area contributed by atoms with E-state index in [0.717, 1.165) is 0 Å². The second-order valence-electron chi connectivity index (χ2n) is 3.98. The number of nitrogens with one attached hydrogen (secondary N) is 1. The molecule has 0 spiro atoms. The minimum absolute atomic E-state index is 0.0756. The first-order chi connectivity index (χ1) is 8.57. The maximum Gasteiger partial charge on any atom is 0.215 e. The Balaban J connectivity index is 2.53. The van der Waals surface area contributed by atoms with Crippen LogP contribution in [0.25, 0.3) is 0 Å². The normalized spacial score (nSPS) is 11.7. The van der Waals surface area contributed by atoms with E-state index in [1.165, 1.54) is 0 Å². The molecule has 0 amide bonds. The zero-order chi connectivity index (χ0) is 13.4. The number of aliphatic hydroxyl groups is 1. The molecule has 0 saturated carbocycles. The molecule has 0 unspecified atom stereocenters. The molecule has 0 atom stereocenters. The Morgan fingerprint density at radius 3 is 2.72 bits per heavy atom. The van der Waals surface area contributed by atoms with E-state index in [2.05, 4.69) is 4.72 Å². The highest BCUT2D eigenvalue weighted by molar-refractivity contribution is 7.88. The summed E-state index contributed by atoms with van der Waals surface area (Å²) in [6.07, 6.45) is 0.645. The van der Waals surface area contributed by atoms with Crippen molar-refractivity contribution in [1.82, 2.24) is 4.72 Å². The first-order valence-electron chi connectivity index (χ1n) is 5.72.